The van der Waals surface area contributed by atoms with Gasteiger partial charge in [-0.3, -0.25) is 0 Å². The molecule has 0 saturated heterocycles. The van der Waals surface area contributed by atoms with Gasteiger partial charge in [-0.25, -0.2) is 4.98 Å². The van der Waals surface area contributed by atoms with Gasteiger partial charge in [0.25, 0.3) is 0 Å². The van der Waals surface area contributed by atoms with Crippen molar-refractivity contribution >= 4 is 11.0 Å². The topological polar surface area (TPSA) is 27.1 Å². The van der Waals surface area contributed by atoms with Gasteiger partial charge < -0.3 is 9.30 Å². The molecule has 3 nitrogen and oxygen atoms in total. The molecule has 0 amide bonds. The minimum atomic E-state index is -0.142. The Kier molecular flexibility index (Phi) is 3.73. The Labute approximate surface area is 126 Å². The van der Waals surface area contributed by atoms with E-state index in [1.54, 1.807) is 0 Å². The highest BCUT2D eigenvalue weighted by atomic mass is 16.5. The van der Waals surface area contributed by atoms with Gasteiger partial charge in [-0.05, 0) is 63.7 Å². The third kappa shape index (κ3) is 3.65. The Bertz CT molecular complexity index is 693. The second-order valence-electron chi connectivity index (χ2n) is 6.70. The summed E-state index contributed by atoms with van der Waals surface area (Å²) in [5.74, 6) is 7.19. The van der Waals surface area contributed by atoms with E-state index >= 15 is 0 Å². The monoisotopic (exact) mass is 282 g/mol. The van der Waals surface area contributed by atoms with Crippen molar-refractivity contribution < 1.29 is 4.74 Å². The lowest BCUT2D eigenvalue weighted by atomic mass is 10.2. The molecule has 3 rings (SSSR count). The standard InChI is InChI=1S/C18H22N2O/c1-18(2,3)21-11-5-7-16-12-15-6-4-10-19-17(15)20(16)13-14-8-9-14/h4,6,10,12,14H,8-9,11,13H2,1-3H3. The summed E-state index contributed by atoms with van der Waals surface area (Å²) in [4.78, 5) is 4.51. The van der Waals surface area contributed by atoms with Gasteiger partial charge in [0.1, 0.15) is 12.3 Å². The van der Waals surface area contributed by atoms with Crippen molar-refractivity contribution in [3.8, 4) is 11.8 Å². The fourth-order valence-corrected chi connectivity index (χ4v) is 2.31. The molecule has 3 heteroatoms. The van der Waals surface area contributed by atoms with E-state index in [1.807, 2.05) is 33.0 Å². The van der Waals surface area contributed by atoms with E-state index in [0.29, 0.717) is 6.61 Å². The molecule has 2 aromatic rings. The summed E-state index contributed by atoms with van der Waals surface area (Å²) in [6.07, 6.45) is 4.50. The molecule has 0 unspecified atom stereocenters. The first-order chi connectivity index (χ1) is 10.0. The number of nitrogens with zero attached hydrogens (tertiary/aromatic N) is 2. The number of hydrogen-bond donors (Lipinski definition) is 0. The van der Waals surface area contributed by atoms with E-state index in [2.05, 4.69) is 33.5 Å². The lowest BCUT2D eigenvalue weighted by Gasteiger charge is -2.16. The lowest BCUT2D eigenvalue weighted by Crippen LogP contribution is -2.19. The molecule has 0 atom stereocenters. The maximum absolute atomic E-state index is 5.66. The van der Waals surface area contributed by atoms with Crippen LogP contribution in [0.15, 0.2) is 24.4 Å². The van der Waals surface area contributed by atoms with Gasteiger partial charge in [0.15, 0.2) is 0 Å². The van der Waals surface area contributed by atoms with Crippen molar-refractivity contribution in [2.75, 3.05) is 6.61 Å². The highest BCUT2D eigenvalue weighted by Gasteiger charge is 2.23. The van der Waals surface area contributed by atoms with E-state index in [0.717, 1.165) is 23.8 Å². The Morgan fingerprint density at radius 2 is 2.19 bits per heavy atom. The zero-order valence-corrected chi connectivity index (χ0v) is 13.0. The normalized spacial score (nSPS) is 15.0. The van der Waals surface area contributed by atoms with E-state index < -0.39 is 0 Å². The predicted molar refractivity (Wildman–Crippen MR) is 85.0 cm³/mol. The van der Waals surface area contributed by atoms with Crippen LogP contribution in [-0.4, -0.2) is 21.8 Å². The fraction of sp³-hybridized carbons (Fsp3) is 0.500. The average Bonchev–Trinajstić information content (AvgIpc) is 3.17. The summed E-state index contributed by atoms with van der Waals surface area (Å²) >= 11 is 0. The SMILES string of the molecule is CC(C)(C)OCC#Cc1cc2cccnc2n1CC1CC1. The molecule has 1 fully saturated rings. The molecule has 0 aromatic carbocycles. The predicted octanol–water partition coefficient (Wildman–Crippen LogP) is 3.61. The molecular weight excluding hydrogens is 260 g/mol. The molecule has 21 heavy (non-hydrogen) atoms. The van der Waals surface area contributed by atoms with Gasteiger partial charge in [-0.1, -0.05) is 5.92 Å². The summed E-state index contributed by atoms with van der Waals surface area (Å²) in [6.45, 7) is 7.63. The van der Waals surface area contributed by atoms with Crippen LogP contribution in [0.1, 0.15) is 39.3 Å². The molecule has 1 aliphatic rings. The maximum Gasteiger partial charge on any atom is 0.140 e. The summed E-state index contributed by atoms with van der Waals surface area (Å²) in [7, 11) is 0. The minimum Gasteiger partial charge on any atom is -0.363 e. The van der Waals surface area contributed by atoms with Gasteiger partial charge in [-0.15, -0.1) is 0 Å². The minimum absolute atomic E-state index is 0.142. The molecule has 0 spiro atoms. The number of hydrogen-bond acceptors (Lipinski definition) is 2. The first kappa shape index (κ1) is 14.2. The number of pyridine rings is 1. The summed E-state index contributed by atoms with van der Waals surface area (Å²) < 4.78 is 7.92. The molecular formula is C18H22N2O. The maximum atomic E-state index is 5.66. The van der Waals surface area contributed by atoms with E-state index in [-0.39, 0.29) is 5.60 Å². The lowest BCUT2D eigenvalue weighted by molar-refractivity contribution is 0.0181. The molecule has 2 aromatic heterocycles. The molecule has 110 valence electrons. The van der Waals surface area contributed by atoms with Gasteiger partial charge in [0.2, 0.25) is 0 Å². The van der Waals surface area contributed by atoms with Crippen LogP contribution in [0.2, 0.25) is 0 Å². The van der Waals surface area contributed by atoms with Crippen LogP contribution >= 0.6 is 0 Å². The fourth-order valence-electron chi connectivity index (χ4n) is 2.31. The molecule has 2 heterocycles. The number of ether oxygens (including phenoxy) is 1. The Morgan fingerprint density at radius 1 is 1.38 bits per heavy atom. The average molecular weight is 282 g/mol. The highest BCUT2D eigenvalue weighted by Crippen LogP contribution is 2.32. The molecule has 0 radical (unpaired) electrons. The van der Waals surface area contributed by atoms with Crippen molar-refractivity contribution in [3.63, 3.8) is 0 Å². The number of rotatable bonds is 3. The van der Waals surface area contributed by atoms with Gasteiger partial charge in [0.05, 0.1) is 11.3 Å². The van der Waals surface area contributed by atoms with Gasteiger partial charge >= 0.3 is 0 Å². The summed E-state index contributed by atoms with van der Waals surface area (Å²) in [5, 5.41) is 1.17. The van der Waals surface area contributed by atoms with Crippen LogP contribution < -0.4 is 0 Å². The second-order valence-corrected chi connectivity index (χ2v) is 6.70. The highest BCUT2D eigenvalue weighted by molar-refractivity contribution is 5.78. The smallest absolute Gasteiger partial charge is 0.140 e. The Balaban J connectivity index is 1.85. The number of aromatic nitrogens is 2. The largest absolute Gasteiger partial charge is 0.363 e. The van der Waals surface area contributed by atoms with Crippen molar-refractivity contribution in [1.82, 2.24) is 9.55 Å². The van der Waals surface area contributed by atoms with Crippen LogP contribution in [0, 0.1) is 17.8 Å². The zero-order valence-electron chi connectivity index (χ0n) is 13.0. The van der Waals surface area contributed by atoms with Crippen LogP contribution in [0.3, 0.4) is 0 Å². The molecule has 0 bridgehead atoms. The first-order valence-electron chi connectivity index (χ1n) is 7.60. The summed E-state index contributed by atoms with van der Waals surface area (Å²) in [6, 6.07) is 6.21. The molecule has 0 aliphatic heterocycles. The van der Waals surface area contributed by atoms with Crippen LogP contribution in [0.4, 0.5) is 0 Å². The van der Waals surface area contributed by atoms with Crippen molar-refractivity contribution in [2.24, 2.45) is 5.92 Å². The number of fused-ring (bicyclic) bond motifs is 1. The molecule has 0 N–H and O–H groups in total. The van der Waals surface area contributed by atoms with E-state index in [1.165, 1.54) is 18.2 Å². The van der Waals surface area contributed by atoms with Crippen LogP contribution in [0.5, 0.6) is 0 Å². The van der Waals surface area contributed by atoms with Gasteiger partial charge in [0, 0.05) is 18.1 Å². The van der Waals surface area contributed by atoms with Crippen LogP contribution in [0.25, 0.3) is 11.0 Å². The third-order valence-electron chi connectivity index (χ3n) is 3.59. The quantitative estimate of drug-likeness (QED) is 0.804. The van der Waals surface area contributed by atoms with Crippen LogP contribution in [-0.2, 0) is 11.3 Å². The van der Waals surface area contributed by atoms with Crippen molar-refractivity contribution in [1.29, 1.82) is 0 Å². The molecule has 1 saturated carbocycles. The van der Waals surface area contributed by atoms with E-state index in [4.69, 9.17) is 4.74 Å². The van der Waals surface area contributed by atoms with Crippen molar-refractivity contribution in [3.05, 3.63) is 30.1 Å². The van der Waals surface area contributed by atoms with E-state index in [9.17, 15) is 0 Å². The summed E-state index contributed by atoms with van der Waals surface area (Å²) in [5.41, 5.74) is 1.95. The first-order valence-corrected chi connectivity index (χ1v) is 7.60. The molecule has 1 aliphatic carbocycles. The third-order valence-corrected chi connectivity index (χ3v) is 3.59. The van der Waals surface area contributed by atoms with Gasteiger partial charge in [-0.2, -0.15) is 0 Å². The Morgan fingerprint density at radius 3 is 2.90 bits per heavy atom. The zero-order chi connectivity index (χ0) is 14.9. The Hall–Kier alpha value is -1.79. The second kappa shape index (κ2) is 5.54. The van der Waals surface area contributed by atoms with Crippen molar-refractivity contribution in [2.45, 2.75) is 45.8 Å².